The lowest BCUT2D eigenvalue weighted by Gasteiger charge is -2.33. The number of para-hydroxylation sites is 2. The molecule has 1 nitrogen and oxygen atoms in total. The Morgan fingerprint density at radius 3 is 1.70 bits per heavy atom. The number of hydrogen-bond acceptors (Lipinski definition) is 2. The monoisotopic (exact) mass is 399 g/mol. The lowest BCUT2D eigenvalue weighted by atomic mass is 9.93. The van der Waals surface area contributed by atoms with Crippen molar-refractivity contribution in [3.8, 4) is 0 Å². The van der Waals surface area contributed by atoms with E-state index in [1.54, 1.807) is 0 Å². The maximum atomic E-state index is 2.44. The highest BCUT2D eigenvalue weighted by Crippen LogP contribution is 2.53. The zero-order chi connectivity index (χ0) is 19.7. The van der Waals surface area contributed by atoms with E-state index >= 15 is 0 Å². The number of hydrogen-bond donors (Lipinski definition) is 0. The fourth-order valence-corrected chi connectivity index (χ4v) is 5.94. The first kappa shape index (κ1) is 16.3. The molecule has 6 aromatic rings. The second kappa shape index (κ2) is 6.01. The van der Waals surface area contributed by atoms with Crippen LogP contribution in [0.15, 0.2) is 113 Å². The summed E-state index contributed by atoms with van der Waals surface area (Å²) in [6.45, 7) is 0. The van der Waals surface area contributed by atoms with Crippen LogP contribution in [-0.4, -0.2) is 0 Å². The first-order valence-corrected chi connectivity index (χ1v) is 11.0. The van der Waals surface area contributed by atoms with Crippen LogP contribution in [0.5, 0.6) is 0 Å². The molecule has 0 saturated heterocycles. The van der Waals surface area contributed by atoms with Gasteiger partial charge in [0.15, 0.2) is 0 Å². The van der Waals surface area contributed by atoms with Gasteiger partial charge in [-0.3, -0.25) is 0 Å². The lowest BCUT2D eigenvalue weighted by Crippen LogP contribution is -2.15. The van der Waals surface area contributed by atoms with Crippen LogP contribution in [0.3, 0.4) is 0 Å². The van der Waals surface area contributed by atoms with Crippen LogP contribution < -0.4 is 4.90 Å². The van der Waals surface area contributed by atoms with Gasteiger partial charge in [0.25, 0.3) is 0 Å². The van der Waals surface area contributed by atoms with Gasteiger partial charge in [0.1, 0.15) is 0 Å². The molecule has 0 atom stereocenters. The van der Waals surface area contributed by atoms with Crippen molar-refractivity contribution in [3.05, 3.63) is 103 Å². The number of anilines is 3. The van der Waals surface area contributed by atoms with Crippen LogP contribution in [0.1, 0.15) is 0 Å². The Labute approximate surface area is 178 Å². The molecule has 0 fully saturated rings. The zero-order valence-corrected chi connectivity index (χ0v) is 17.0. The standard InChI is InChI=1S/C28H17NS/c1-3-10-25-23(8-1)29(24-9-2-4-11-26(24)30-25)22-17-15-20-13-12-18-6-5-7-19-14-16-21(22)28(20)27(18)19/h1-17H. The van der Waals surface area contributed by atoms with Gasteiger partial charge < -0.3 is 4.90 Å². The average molecular weight is 400 g/mol. The lowest BCUT2D eigenvalue weighted by molar-refractivity contribution is 1.17. The highest BCUT2D eigenvalue weighted by molar-refractivity contribution is 7.99. The number of rotatable bonds is 1. The fourth-order valence-electron chi connectivity index (χ4n) is 4.88. The third kappa shape index (κ3) is 2.14. The minimum atomic E-state index is 1.24. The molecule has 2 heteroatoms. The third-order valence-corrected chi connectivity index (χ3v) is 7.31. The maximum Gasteiger partial charge on any atom is 0.0601 e. The van der Waals surface area contributed by atoms with E-state index in [0.29, 0.717) is 0 Å². The van der Waals surface area contributed by atoms with Gasteiger partial charge in [0.05, 0.1) is 17.1 Å². The molecule has 6 aromatic carbocycles. The van der Waals surface area contributed by atoms with Crippen molar-refractivity contribution in [1.82, 2.24) is 0 Å². The molecule has 1 heterocycles. The molecule has 1 aliphatic rings. The summed E-state index contributed by atoms with van der Waals surface area (Å²) in [5.74, 6) is 0. The molecule has 30 heavy (non-hydrogen) atoms. The summed E-state index contributed by atoms with van der Waals surface area (Å²) in [4.78, 5) is 5.02. The van der Waals surface area contributed by atoms with Crippen molar-refractivity contribution in [1.29, 1.82) is 0 Å². The SMILES string of the molecule is c1ccc2c(c1)Sc1ccccc1N2c1ccc2ccc3cccc4ccc1c2c34. The van der Waals surface area contributed by atoms with E-state index in [1.165, 1.54) is 59.2 Å². The molecule has 0 amide bonds. The molecule has 0 unspecified atom stereocenters. The molecule has 0 radical (unpaired) electrons. The quantitative estimate of drug-likeness (QED) is 0.254. The molecule has 0 spiro atoms. The van der Waals surface area contributed by atoms with Crippen molar-refractivity contribution in [2.24, 2.45) is 0 Å². The number of fused-ring (bicyclic) bond motifs is 2. The van der Waals surface area contributed by atoms with Crippen LogP contribution in [0, 0.1) is 0 Å². The Morgan fingerprint density at radius 1 is 0.433 bits per heavy atom. The van der Waals surface area contributed by atoms with E-state index in [0.717, 1.165) is 0 Å². The van der Waals surface area contributed by atoms with Gasteiger partial charge in [-0.05, 0) is 57.3 Å². The number of nitrogens with zero attached hydrogens (tertiary/aromatic N) is 1. The van der Waals surface area contributed by atoms with Crippen LogP contribution in [-0.2, 0) is 0 Å². The zero-order valence-electron chi connectivity index (χ0n) is 16.2. The molecule has 0 saturated carbocycles. The molecule has 0 aliphatic carbocycles. The second-order valence-corrected chi connectivity index (χ2v) is 8.90. The molecule has 7 rings (SSSR count). The Kier molecular flexibility index (Phi) is 3.27. The van der Waals surface area contributed by atoms with Crippen LogP contribution in [0.25, 0.3) is 32.3 Å². The highest BCUT2D eigenvalue weighted by Gasteiger charge is 2.26. The maximum absolute atomic E-state index is 2.44. The smallest absolute Gasteiger partial charge is 0.0601 e. The van der Waals surface area contributed by atoms with Crippen molar-refractivity contribution in [2.75, 3.05) is 4.90 Å². The molecule has 1 aliphatic heterocycles. The largest absolute Gasteiger partial charge is 0.308 e. The van der Waals surface area contributed by atoms with E-state index in [9.17, 15) is 0 Å². The highest BCUT2D eigenvalue weighted by atomic mass is 32.2. The van der Waals surface area contributed by atoms with E-state index in [1.807, 2.05) is 11.8 Å². The second-order valence-electron chi connectivity index (χ2n) is 7.81. The molecule has 0 aromatic heterocycles. The van der Waals surface area contributed by atoms with Crippen LogP contribution in [0.2, 0.25) is 0 Å². The first-order chi connectivity index (χ1) is 14.9. The van der Waals surface area contributed by atoms with Crippen molar-refractivity contribution >= 4 is 61.1 Å². The van der Waals surface area contributed by atoms with Crippen molar-refractivity contribution in [2.45, 2.75) is 9.79 Å². The Bertz CT molecular complexity index is 1520. The predicted molar refractivity (Wildman–Crippen MR) is 129 cm³/mol. The summed E-state index contributed by atoms with van der Waals surface area (Å²) in [5, 5.41) is 7.92. The molecule has 0 N–H and O–H groups in total. The fraction of sp³-hybridized carbons (Fsp3) is 0. The average Bonchev–Trinajstić information content (AvgIpc) is 2.81. The Balaban J connectivity index is 1.62. The van der Waals surface area contributed by atoms with Gasteiger partial charge in [-0.1, -0.05) is 84.6 Å². The summed E-state index contributed by atoms with van der Waals surface area (Å²) < 4.78 is 0. The van der Waals surface area contributed by atoms with Gasteiger partial charge in [0.2, 0.25) is 0 Å². The number of benzene rings is 6. The summed E-state index contributed by atoms with van der Waals surface area (Å²) in [7, 11) is 0. The summed E-state index contributed by atoms with van der Waals surface area (Å²) in [5.41, 5.74) is 3.73. The van der Waals surface area contributed by atoms with E-state index in [2.05, 4.69) is 108 Å². The van der Waals surface area contributed by atoms with Gasteiger partial charge in [-0.25, -0.2) is 0 Å². The predicted octanol–water partition coefficient (Wildman–Crippen LogP) is 8.52. The minimum absolute atomic E-state index is 1.24. The van der Waals surface area contributed by atoms with Crippen LogP contribution in [0.4, 0.5) is 17.1 Å². The normalized spacial score (nSPS) is 13.1. The topological polar surface area (TPSA) is 3.24 Å². The van der Waals surface area contributed by atoms with Crippen molar-refractivity contribution in [3.63, 3.8) is 0 Å². The minimum Gasteiger partial charge on any atom is -0.308 e. The van der Waals surface area contributed by atoms with E-state index in [4.69, 9.17) is 0 Å². The molecular weight excluding hydrogens is 382 g/mol. The Morgan fingerprint density at radius 2 is 1.00 bits per heavy atom. The molecule has 140 valence electrons. The van der Waals surface area contributed by atoms with E-state index < -0.39 is 0 Å². The summed E-state index contributed by atoms with van der Waals surface area (Å²) in [6.07, 6.45) is 0. The van der Waals surface area contributed by atoms with Gasteiger partial charge in [0, 0.05) is 15.2 Å². The van der Waals surface area contributed by atoms with Gasteiger partial charge in [-0.2, -0.15) is 0 Å². The third-order valence-electron chi connectivity index (χ3n) is 6.18. The van der Waals surface area contributed by atoms with Crippen molar-refractivity contribution < 1.29 is 0 Å². The van der Waals surface area contributed by atoms with E-state index in [-0.39, 0.29) is 0 Å². The van der Waals surface area contributed by atoms with Gasteiger partial charge in [-0.15, -0.1) is 0 Å². The van der Waals surface area contributed by atoms with Crippen LogP contribution >= 0.6 is 11.8 Å². The molecular formula is C28H17NS. The van der Waals surface area contributed by atoms with Gasteiger partial charge >= 0.3 is 0 Å². The summed E-state index contributed by atoms with van der Waals surface area (Å²) in [6, 6.07) is 37.6. The first-order valence-electron chi connectivity index (χ1n) is 10.2. The summed E-state index contributed by atoms with van der Waals surface area (Å²) >= 11 is 1.85. The Hall–Kier alpha value is -3.49. The molecule has 0 bridgehead atoms.